The van der Waals surface area contributed by atoms with Crippen molar-refractivity contribution in [3.63, 3.8) is 0 Å². The summed E-state index contributed by atoms with van der Waals surface area (Å²) in [4.78, 5) is 32.0. The van der Waals surface area contributed by atoms with Crippen molar-refractivity contribution < 1.29 is 9.59 Å². The minimum Gasteiger partial charge on any atom is -0.348 e. The molecule has 2 amide bonds. The number of hydrogen-bond donors (Lipinski definition) is 1. The van der Waals surface area contributed by atoms with Crippen molar-refractivity contribution in [1.29, 1.82) is 0 Å². The third-order valence-electron chi connectivity index (χ3n) is 4.39. The quantitative estimate of drug-likeness (QED) is 0.757. The molecule has 2 aromatic carbocycles. The van der Waals surface area contributed by atoms with Crippen LogP contribution in [0.1, 0.15) is 26.3 Å². The van der Waals surface area contributed by atoms with Crippen LogP contribution in [0.15, 0.2) is 76.8 Å². The van der Waals surface area contributed by atoms with Gasteiger partial charge < -0.3 is 10.2 Å². The van der Waals surface area contributed by atoms with Crippen molar-refractivity contribution in [2.24, 2.45) is 0 Å². The summed E-state index contributed by atoms with van der Waals surface area (Å²) in [5.74, 6) is -0.257. The molecule has 1 aliphatic heterocycles. The van der Waals surface area contributed by atoms with Crippen LogP contribution in [0.2, 0.25) is 0 Å². The van der Waals surface area contributed by atoms with Crippen LogP contribution in [-0.2, 0) is 6.54 Å². The second-order valence-electron chi connectivity index (χ2n) is 6.17. The van der Waals surface area contributed by atoms with Crippen molar-refractivity contribution in [2.45, 2.75) is 16.5 Å². The van der Waals surface area contributed by atoms with Gasteiger partial charge in [0.15, 0.2) is 0 Å². The summed E-state index contributed by atoms with van der Waals surface area (Å²) < 4.78 is 0. The lowest BCUT2D eigenvalue weighted by Gasteiger charge is -2.17. The van der Waals surface area contributed by atoms with Crippen LogP contribution in [0.5, 0.6) is 0 Å². The van der Waals surface area contributed by atoms with Gasteiger partial charge in [-0.05, 0) is 35.9 Å². The van der Waals surface area contributed by atoms with E-state index in [9.17, 15) is 9.59 Å². The minimum absolute atomic E-state index is 0.106. The molecular formula is C21H17N3O2S. The number of benzene rings is 2. The normalized spacial score (nSPS) is 12.8. The molecule has 6 heteroatoms. The van der Waals surface area contributed by atoms with E-state index in [0.717, 1.165) is 16.1 Å². The maximum Gasteiger partial charge on any atom is 0.260 e. The maximum atomic E-state index is 12.7. The van der Waals surface area contributed by atoms with Gasteiger partial charge in [-0.25, -0.2) is 4.98 Å². The molecule has 27 heavy (non-hydrogen) atoms. The Morgan fingerprint density at radius 1 is 1.11 bits per heavy atom. The molecule has 0 saturated carbocycles. The van der Waals surface area contributed by atoms with Gasteiger partial charge in [-0.1, -0.05) is 42.1 Å². The highest BCUT2D eigenvalue weighted by Gasteiger charge is 2.26. The second kappa shape index (κ2) is 7.25. The number of hydrogen-bond acceptors (Lipinski definition) is 4. The van der Waals surface area contributed by atoms with E-state index in [0.29, 0.717) is 22.7 Å². The Morgan fingerprint density at radius 3 is 2.74 bits per heavy atom. The molecule has 2 heterocycles. The molecule has 134 valence electrons. The predicted molar refractivity (Wildman–Crippen MR) is 105 cm³/mol. The number of rotatable bonds is 3. The average Bonchev–Trinajstić information content (AvgIpc) is 2.81. The summed E-state index contributed by atoms with van der Waals surface area (Å²) in [6, 6.07) is 18.7. The Morgan fingerprint density at radius 2 is 1.93 bits per heavy atom. The molecular weight excluding hydrogens is 358 g/mol. The zero-order valence-electron chi connectivity index (χ0n) is 14.7. The van der Waals surface area contributed by atoms with Crippen molar-refractivity contribution in [1.82, 2.24) is 10.3 Å². The number of nitrogens with zero attached hydrogens (tertiary/aromatic N) is 2. The van der Waals surface area contributed by atoms with Crippen LogP contribution in [0.4, 0.5) is 5.69 Å². The van der Waals surface area contributed by atoms with E-state index < -0.39 is 0 Å². The van der Waals surface area contributed by atoms with Gasteiger partial charge in [0.1, 0.15) is 5.03 Å². The number of nitrogens with one attached hydrogen (secondary N) is 1. The second-order valence-corrected chi connectivity index (χ2v) is 7.20. The first-order chi connectivity index (χ1) is 13.1. The molecule has 0 spiro atoms. The maximum absolute atomic E-state index is 12.7. The smallest absolute Gasteiger partial charge is 0.260 e. The SMILES string of the molecule is CN1C(=O)c2cccnc2Sc2cc(C(=O)NCc3ccccc3)ccc21. The van der Waals surface area contributed by atoms with Crippen LogP contribution in [0, 0.1) is 0 Å². The summed E-state index contributed by atoms with van der Waals surface area (Å²) in [6.45, 7) is 0.465. The van der Waals surface area contributed by atoms with E-state index in [1.54, 1.807) is 36.3 Å². The number of fused-ring (bicyclic) bond motifs is 2. The molecule has 4 rings (SSSR count). The Bertz CT molecular complexity index is 1020. The lowest BCUT2D eigenvalue weighted by Crippen LogP contribution is -2.26. The van der Waals surface area contributed by atoms with Crippen molar-refractivity contribution in [3.8, 4) is 0 Å². The van der Waals surface area contributed by atoms with Crippen molar-refractivity contribution >= 4 is 29.3 Å². The van der Waals surface area contributed by atoms with Crippen LogP contribution < -0.4 is 10.2 Å². The summed E-state index contributed by atoms with van der Waals surface area (Å²) in [5, 5.41) is 3.58. The number of anilines is 1. The summed E-state index contributed by atoms with van der Waals surface area (Å²) in [7, 11) is 1.74. The van der Waals surface area contributed by atoms with Crippen LogP contribution in [-0.4, -0.2) is 23.8 Å². The first-order valence-electron chi connectivity index (χ1n) is 8.50. The third kappa shape index (κ3) is 3.44. The fourth-order valence-electron chi connectivity index (χ4n) is 2.92. The van der Waals surface area contributed by atoms with E-state index in [2.05, 4.69) is 10.3 Å². The van der Waals surface area contributed by atoms with Gasteiger partial charge in [0.25, 0.3) is 11.8 Å². The molecule has 1 N–H and O–H groups in total. The van der Waals surface area contributed by atoms with Crippen LogP contribution >= 0.6 is 11.8 Å². The molecule has 0 bridgehead atoms. The highest BCUT2D eigenvalue weighted by atomic mass is 32.2. The molecule has 1 aliphatic rings. The topological polar surface area (TPSA) is 62.3 Å². The number of carbonyl (C=O) groups excluding carboxylic acids is 2. The minimum atomic E-state index is -0.151. The Balaban J connectivity index is 1.61. The molecule has 0 radical (unpaired) electrons. The molecule has 1 aromatic heterocycles. The Kier molecular flexibility index (Phi) is 4.64. The lowest BCUT2D eigenvalue weighted by molar-refractivity contribution is 0.0949. The average molecular weight is 375 g/mol. The van der Waals surface area contributed by atoms with E-state index in [4.69, 9.17) is 0 Å². The van der Waals surface area contributed by atoms with Crippen molar-refractivity contribution in [3.05, 3.63) is 83.6 Å². The number of amides is 2. The lowest BCUT2D eigenvalue weighted by atomic mass is 10.1. The van der Waals surface area contributed by atoms with Crippen LogP contribution in [0.25, 0.3) is 0 Å². The largest absolute Gasteiger partial charge is 0.348 e. The van der Waals surface area contributed by atoms with Gasteiger partial charge in [-0.15, -0.1) is 0 Å². The molecule has 0 saturated heterocycles. The highest BCUT2D eigenvalue weighted by molar-refractivity contribution is 7.99. The van der Waals surface area contributed by atoms with Gasteiger partial charge in [0.05, 0.1) is 11.3 Å². The highest BCUT2D eigenvalue weighted by Crippen LogP contribution is 2.40. The van der Waals surface area contributed by atoms with E-state index >= 15 is 0 Å². The number of carbonyl (C=O) groups is 2. The van der Waals surface area contributed by atoms with Gasteiger partial charge in [0.2, 0.25) is 0 Å². The van der Waals surface area contributed by atoms with E-state index in [-0.39, 0.29) is 11.8 Å². The summed E-state index contributed by atoms with van der Waals surface area (Å²) in [6.07, 6.45) is 1.67. The van der Waals surface area contributed by atoms with Gasteiger partial charge >= 0.3 is 0 Å². The van der Waals surface area contributed by atoms with Crippen LogP contribution in [0.3, 0.4) is 0 Å². The van der Waals surface area contributed by atoms with Gasteiger partial charge in [-0.2, -0.15) is 0 Å². The van der Waals surface area contributed by atoms with E-state index in [1.165, 1.54) is 11.8 Å². The third-order valence-corrected chi connectivity index (χ3v) is 5.46. The summed E-state index contributed by atoms with van der Waals surface area (Å²) >= 11 is 1.40. The first-order valence-corrected chi connectivity index (χ1v) is 9.32. The molecule has 0 unspecified atom stereocenters. The van der Waals surface area contributed by atoms with Gasteiger partial charge in [0, 0.05) is 30.2 Å². The van der Waals surface area contributed by atoms with E-state index in [1.807, 2.05) is 42.5 Å². The number of aromatic nitrogens is 1. The predicted octanol–water partition coefficient (Wildman–Crippen LogP) is 3.75. The molecule has 0 fully saturated rings. The molecule has 5 nitrogen and oxygen atoms in total. The monoisotopic (exact) mass is 375 g/mol. The Hall–Kier alpha value is -3.12. The summed E-state index contributed by atoms with van der Waals surface area (Å²) in [5.41, 5.74) is 2.93. The fraction of sp³-hybridized carbons (Fsp3) is 0.0952. The first kappa shape index (κ1) is 17.3. The van der Waals surface area contributed by atoms with Crippen molar-refractivity contribution in [2.75, 3.05) is 11.9 Å². The zero-order chi connectivity index (χ0) is 18.8. The standard InChI is InChI=1S/C21H17N3O2S/c1-24-17-10-9-15(19(25)23-13-14-6-3-2-4-7-14)12-18(17)27-20-16(21(24)26)8-5-11-22-20/h2-12H,13H2,1H3,(H,23,25). The molecule has 3 aromatic rings. The number of pyridine rings is 1. The molecule has 0 aliphatic carbocycles. The fourth-order valence-corrected chi connectivity index (χ4v) is 4.01. The Labute approximate surface area is 161 Å². The van der Waals surface area contributed by atoms with Gasteiger partial charge in [-0.3, -0.25) is 9.59 Å². The molecule has 0 atom stereocenters. The zero-order valence-corrected chi connectivity index (χ0v) is 15.5.